The average Bonchev–Trinajstić information content (AvgIpc) is 2.97. The molecule has 2 aromatic rings. The zero-order chi connectivity index (χ0) is 14.8. The normalized spacial score (nSPS) is 11.3. The van der Waals surface area contributed by atoms with Crippen LogP contribution in [0.4, 0.5) is 0 Å². The van der Waals surface area contributed by atoms with E-state index in [9.17, 15) is 0 Å². The summed E-state index contributed by atoms with van der Waals surface area (Å²) >= 11 is 0. The van der Waals surface area contributed by atoms with Gasteiger partial charge in [-0.15, -0.1) is 0 Å². The van der Waals surface area contributed by atoms with Crippen molar-refractivity contribution in [2.75, 3.05) is 6.54 Å². The summed E-state index contributed by atoms with van der Waals surface area (Å²) in [5.41, 5.74) is 2.24. The summed E-state index contributed by atoms with van der Waals surface area (Å²) in [7, 11) is 0. The standard InChI is InChI=1S/C18H29N3/c1-2-3-4-5-6-7-8-9-11-19-14-16-13-17-10-12-20-18(17)21-15-16/h10,12-13,15,19H,2-9,11,14H2,1H3,(H,20,21). The molecule has 0 spiro atoms. The van der Waals surface area contributed by atoms with Gasteiger partial charge in [0.25, 0.3) is 0 Å². The maximum Gasteiger partial charge on any atom is 0.137 e. The van der Waals surface area contributed by atoms with Crippen LogP contribution >= 0.6 is 0 Å². The molecule has 0 aliphatic rings. The summed E-state index contributed by atoms with van der Waals surface area (Å²) in [4.78, 5) is 7.53. The molecule has 3 nitrogen and oxygen atoms in total. The number of aromatic amines is 1. The lowest BCUT2D eigenvalue weighted by molar-refractivity contribution is 0.555. The molecule has 0 radical (unpaired) electrons. The minimum absolute atomic E-state index is 0.921. The molecule has 2 aromatic heterocycles. The first-order valence-electron chi connectivity index (χ1n) is 8.53. The molecule has 0 unspecified atom stereocenters. The number of H-pyrrole nitrogens is 1. The predicted octanol–water partition coefficient (Wildman–Crippen LogP) is 4.79. The highest BCUT2D eigenvalue weighted by Crippen LogP contribution is 2.11. The van der Waals surface area contributed by atoms with Gasteiger partial charge in [-0.3, -0.25) is 0 Å². The van der Waals surface area contributed by atoms with Gasteiger partial charge in [0.1, 0.15) is 5.65 Å². The van der Waals surface area contributed by atoms with Crippen molar-refractivity contribution >= 4 is 11.0 Å². The van der Waals surface area contributed by atoms with Crippen molar-refractivity contribution < 1.29 is 0 Å². The monoisotopic (exact) mass is 287 g/mol. The molecule has 0 saturated carbocycles. The van der Waals surface area contributed by atoms with Gasteiger partial charge in [-0.05, 0) is 30.7 Å². The Hall–Kier alpha value is -1.35. The van der Waals surface area contributed by atoms with E-state index in [1.165, 1.54) is 62.3 Å². The maximum absolute atomic E-state index is 4.41. The van der Waals surface area contributed by atoms with Crippen LogP contribution in [0.1, 0.15) is 63.9 Å². The van der Waals surface area contributed by atoms with Crippen LogP contribution in [0.2, 0.25) is 0 Å². The van der Waals surface area contributed by atoms with Crippen LogP contribution in [0.3, 0.4) is 0 Å². The van der Waals surface area contributed by atoms with E-state index in [0.29, 0.717) is 0 Å². The van der Waals surface area contributed by atoms with E-state index in [4.69, 9.17) is 0 Å². The van der Waals surface area contributed by atoms with E-state index >= 15 is 0 Å². The largest absolute Gasteiger partial charge is 0.346 e. The summed E-state index contributed by atoms with van der Waals surface area (Å²) < 4.78 is 0. The first-order chi connectivity index (χ1) is 10.4. The number of hydrogen-bond acceptors (Lipinski definition) is 2. The molecule has 0 saturated heterocycles. The van der Waals surface area contributed by atoms with E-state index in [-0.39, 0.29) is 0 Å². The summed E-state index contributed by atoms with van der Waals surface area (Å²) in [6.45, 7) is 4.31. The molecular formula is C18H29N3. The van der Waals surface area contributed by atoms with Crippen LogP contribution in [0.15, 0.2) is 24.5 Å². The molecule has 0 fully saturated rings. The summed E-state index contributed by atoms with van der Waals surface area (Å²) in [6.07, 6.45) is 14.9. The first-order valence-corrected chi connectivity index (χ1v) is 8.53. The summed E-state index contributed by atoms with van der Waals surface area (Å²) in [6, 6.07) is 4.28. The maximum atomic E-state index is 4.41. The Balaban J connectivity index is 1.49. The molecule has 2 rings (SSSR count). The lowest BCUT2D eigenvalue weighted by atomic mass is 10.1. The minimum atomic E-state index is 0.921. The third-order valence-corrected chi connectivity index (χ3v) is 3.99. The van der Waals surface area contributed by atoms with Gasteiger partial charge in [0, 0.05) is 24.3 Å². The molecule has 116 valence electrons. The van der Waals surface area contributed by atoms with Gasteiger partial charge in [-0.25, -0.2) is 4.98 Å². The first kappa shape index (κ1) is 16.0. The minimum Gasteiger partial charge on any atom is -0.346 e. The number of hydrogen-bond donors (Lipinski definition) is 2. The van der Waals surface area contributed by atoms with Crippen molar-refractivity contribution in [2.24, 2.45) is 0 Å². The Morgan fingerprint density at radius 3 is 2.62 bits per heavy atom. The number of pyridine rings is 1. The highest BCUT2D eigenvalue weighted by molar-refractivity contribution is 5.75. The lowest BCUT2D eigenvalue weighted by Crippen LogP contribution is -2.14. The van der Waals surface area contributed by atoms with E-state index < -0.39 is 0 Å². The molecule has 2 N–H and O–H groups in total. The topological polar surface area (TPSA) is 40.7 Å². The van der Waals surface area contributed by atoms with Gasteiger partial charge in [0.15, 0.2) is 0 Å². The van der Waals surface area contributed by atoms with E-state index in [1.807, 2.05) is 12.4 Å². The lowest BCUT2D eigenvalue weighted by Gasteiger charge is -2.05. The number of nitrogens with zero attached hydrogens (tertiary/aromatic N) is 1. The SMILES string of the molecule is CCCCCCCCCCNCc1cnc2[nH]ccc2c1. The zero-order valence-electron chi connectivity index (χ0n) is 13.3. The molecular weight excluding hydrogens is 258 g/mol. The van der Waals surface area contributed by atoms with Gasteiger partial charge < -0.3 is 10.3 Å². The highest BCUT2D eigenvalue weighted by Gasteiger charge is 1.98. The second-order valence-electron chi connectivity index (χ2n) is 5.91. The van der Waals surface area contributed by atoms with Crippen molar-refractivity contribution in [3.8, 4) is 0 Å². The molecule has 21 heavy (non-hydrogen) atoms. The fourth-order valence-electron chi connectivity index (χ4n) is 2.70. The third-order valence-electron chi connectivity index (χ3n) is 3.99. The third kappa shape index (κ3) is 5.88. The van der Waals surface area contributed by atoms with Crippen LogP contribution in [-0.2, 0) is 6.54 Å². The quantitative estimate of drug-likeness (QED) is 0.583. The smallest absolute Gasteiger partial charge is 0.137 e. The van der Waals surface area contributed by atoms with Crippen LogP contribution < -0.4 is 5.32 Å². The fraction of sp³-hybridized carbons (Fsp3) is 0.611. The Morgan fingerprint density at radius 2 is 1.81 bits per heavy atom. The number of unbranched alkanes of at least 4 members (excludes halogenated alkanes) is 7. The number of rotatable bonds is 11. The van der Waals surface area contributed by atoms with Crippen LogP contribution in [0, 0.1) is 0 Å². The Bertz CT molecular complexity index is 504. The van der Waals surface area contributed by atoms with Gasteiger partial charge in [-0.1, -0.05) is 51.9 Å². The second-order valence-corrected chi connectivity index (χ2v) is 5.91. The fourth-order valence-corrected chi connectivity index (χ4v) is 2.70. The molecule has 0 aliphatic heterocycles. The van der Waals surface area contributed by atoms with Crippen molar-refractivity contribution in [3.63, 3.8) is 0 Å². The van der Waals surface area contributed by atoms with Gasteiger partial charge in [0.2, 0.25) is 0 Å². The number of aromatic nitrogens is 2. The van der Waals surface area contributed by atoms with E-state index in [1.54, 1.807) is 0 Å². The van der Waals surface area contributed by atoms with Gasteiger partial charge >= 0.3 is 0 Å². The summed E-state index contributed by atoms with van der Waals surface area (Å²) in [5.74, 6) is 0. The van der Waals surface area contributed by atoms with Gasteiger partial charge in [-0.2, -0.15) is 0 Å². The van der Waals surface area contributed by atoms with Crippen molar-refractivity contribution in [1.29, 1.82) is 0 Å². The van der Waals surface area contributed by atoms with Crippen LogP contribution in [0.25, 0.3) is 11.0 Å². The molecule has 3 heteroatoms. The summed E-state index contributed by atoms with van der Waals surface area (Å²) in [5, 5.41) is 4.72. The Morgan fingerprint density at radius 1 is 1.05 bits per heavy atom. The molecule has 0 bridgehead atoms. The van der Waals surface area contributed by atoms with Crippen molar-refractivity contribution in [1.82, 2.24) is 15.3 Å². The van der Waals surface area contributed by atoms with E-state index in [2.05, 4.69) is 34.3 Å². The predicted molar refractivity (Wildman–Crippen MR) is 90.4 cm³/mol. The van der Waals surface area contributed by atoms with Crippen molar-refractivity contribution in [3.05, 3.63) is 30.1 Å². The zero-order valence-corrected chi connectivity index (χ0v) is 13.3. The molecule has 0 aliphatic carbocycles. The van der Waals surface area contributed by atoms with E-state index in [0.717, 1.165) is 18.7 Å². The van der Waals surface area contributed by atoms with Gasteiger partial charge in [0.05, 0.1) is 0 Å². The molecule has 0 atom stereocenters. The van der Waals surface area contributed by atoms with Crippen LogP contribution in [0.5, 0.6) is 0 Å². The number of nitrogens with one attached hydrogen (secondary N) is 2. The molecule has 2 heterocycles. The second kappa shape index (κ2) is 9.56. The van der Waals surface area contributed by atoms with Crippen molar-refractivity contribution in [2.45, 2.75) is 64.8 Å². The van der Waals surface area contributed by atoms with Crippen LogP contribution in [-0.4, -0.2) is 16.5 Å². The molecule has 0 amide bonds. The number of fused-ring (bicyclic) bond motifs is 1. The average molecular weight is 287 g/mol. The Kier molecular flexibility index (Phi) is 7.30. The molecule has 0 aromatic carbocycles. The Labute approximate surface area is 128 Å². The highest BCUT2D eigenvalue weighted by atomic mass is 14.9.